The highest BCUT2D eigenvalue weighted by molar-refractivity contribution is 14.1. The minimum atomic E-state index is -0.160. The predicted octanol–water partition coefficient (Wildman–Crippen LogP) is 3.66. The Bertz CT molecular complexity index is 328. The molecule has 0 saturated heterocycles. The molecule has 0 atom stereocenters. The van der Waals surface area contributed by atoms with Crippen molar-refractivity contribution in [2.75, 3.05) is 11.0 Å². The Balaban J connectivity index is 2.14. The zero-order valence-corrected chi connectivity index (χ0v) is 11.9. The van der Waals surface area contributed by atoms with Gasteiger partial charge in [0.25, 0.3) is 5.91 Å². The lowest BCUT2D eigenvalue weighted by atomic mass is 10.2. The molecule has 1 aromatic heterocycles. The second-order valence-corrected chi connectivity index (χ2v) is 4.89. The van der Waals surface area contributed by atoms with Crippen LogP contribution in [0, 0.1) is 0 Å². The first kappa shape index (κ1) is 13.8. The summed E-state index contributed by atoms with van der Waals surface area (Å²) in [7, 11) is 0. The molecule has 0 saturated carbocycles. The smallest absolute Gasteiger partial charge is 0.256 e. The molecule has 0 radical (unpaired) electrons. The van der Waals surface area contributed by atoms with E-state index < -0.39 is 0 Å². The number of rotatable bonds is 7. The summed E-state index contributed by atoms with van der Waals surface area (Å²) in [5, 5.41) is 2.97. The molecule has 1 rings (SSSR count). The Morgan fingerprint density at radius 3 is 2.75 bits per heavy atom. The first-order valence-electron chi connectivity index (χ1n) is 5.33. The van der Waals surface area contributed by atoms with Gasteiger partial charge in [0.2, 0.25) is 5.22 Å². The van der Waals surface area contributed by atoms with Crippen molar-refractivity contribution in [2.24, 2.45) is 0 Å². The standard InChI is InChI=1S/C11H15ClINO2/c12-10-9(5-8-16-10)11(15)14-7-4-2-1-3-6-13/h5,8H,1-4,6-7H2,(H,14,15). The van der Waals surface area contributed by atoms with Crippen LogP contribution in [-0.2, 0) is 0 Å². The van der Waals surface area contributed by atoms with Gasteiger partial charge in [-0.3, -0.25) is 4.79 Å². The van der Waals surface area contributed by atoms with E-state index in [0.29, 0.717) is 12.1 Å². The number of furan rings is 1. The van der Waals surface area contributed by atoms with Crippen LogP contribution in [0.1, 0.15) is 36.0 Å². The monoisotopic (exact) mass is 355 g/mol. The van der Waals surface area contributed by atoms with Crippen molar-refractivity contribution >= 4 is 40.1 Å². The number of halogens is 2. The Morgan fingerprint density at radius 1 is 1.38 bits per heavy atom. The molecule has 0 fully saturated rings. The Hall–Kier alpha value is -0.230. The number of alkyl halides is 1. The van der Waals surface area contributed by atoms with Crippen molar-refractivity contribution in [3.05, 3.63) is 23.1 Å². The van der Waals surface area contributed by atoms with Gasteiger partial charge >= 0.3 is 0 Å². The summed E-state index contributed by atoms with van der Waals surface area (Å²) in [5.74, 6) is -0.160. The van der Waals surface area contributed by atoms with Gasteiger partial charge in [0.05, 0.1) is 11.8 Å². The number of hydrogen-bond donors (Lipinski definition) is 1. The largest absolute Gasteiger partial charge is 0.452 e. The molecule has 0 unspecified atom stereocenters. The van der Waals surface area contributed by atoms with Gasteiger partial charge < -0.3 is 9.73 Å². The van der Waals surface area contributed by atoms with Gasteiger partial charge in [0.1, 0.15) is 0 Å². The molecule has 0 aliphatic heterocycles. The number of amides is 1. The van der Waals surface area contributed by atoms with Gasteiger partial charge in [0.15, 0.2) is 0 Å². The molecular weight excluding hydrogens is 340 g/mol. The lowest BCUT2D eigenvalue weighted by Crippen LogP contribution is -2.24. The van der Waals surface area contributed by atoms with Gasteiger partial charge in [-0.15, -0.1) is 0 Å². The van der Waals surface area contributed by atoms with E-state index in [9.17, 15) is 4.79 Å². The van der Waals surface area contributed by atoms with Crippen molar-refractivity contribution in [1.29, 1.82) is 0 Å². The number of nitrogens with one attached hydrogen (secondary N) is 1. The van der Waals surface area contributed by atoms with Crippen molar-refractivity contribution in [2.45, 2.75) is 25.7 Å². The van der Waals surface area contributed by atoms with E-state index in [2.05, 4.69) is 27.9 Å². The van der Waals surface area contributed by atoms with Crippen molar-refractivity contribution in [1.82, 2.24) is 5.32 Å². The zero-order chi connectivity index (χ0) is 11.8. The molecular formula is C11H15ClINO2. The molecule has 90 valence electrons. The highest BCUT2D eigenvalue weighted by atomic mass is 127. The third-order valence-electron chi connectivity index (χ3n) is 2.21. The van der Waals surface area contributed by atoms with Gasteiger partial charge in [-0.2, -0.15) is 0 Å². The lowest BCUT2D eigenvalue weighted by molar-refractivity contribution is 0.0952. The Kier molecular flexibility index (Phi) is 6.87. The molecule has 1 N–H and O–H groups in total. The number of hydrogen-bond acceptors (Lipinski definition) is 2. The topological polar surface area (TPSA) is 42.2 Å². The van der Waals surface area contributed by atoms with Crippen molar-refractivity contribution in [3.63, 3.8) is 0 Å². The zero-order valence-electron chi connectivity index (χ0n) is 8.97. The first-order valence-corrected chi connectivity index (χ1v) is 7.23. The maximum Gasteiger partial charge on any atom is 0.256 e. The summed E-state index contributed by atoms with van der Waals surface area (Å²) in [6, 6.07) is 1.58. The molecule has 16 heavy (non-hydrogen) atoms. The molecule has 1 heterocycles. The molecule has 1 aromatic rings. The van der Waals surface area contributed by atoms with Gasteiger partial charge in [-0.1, -0.05) is 35.4 Å². The quantitative estimate of drug-likeness (QED) is 0.461. The molecule has 0 spiro atoms. The summed E-state index contributed by atoms with van der Waals surface area (Å²) < 4.78 is 6.05. The summed E-state index contributed by atoms with van der Waals surface area (Å²) in [6.45, 7) is 0.696. The highest BCUT2D eigenvalue weighted by Gasteiger charge is 2.11. The van der Waals surface area contributed by atoms with Crippen LogP contribution >= 0.6 is 34.2 Å². The molecule has 0 aliphatic rings. The van der Waals surface area contributed by atoms with Crippen molar-refractivity contribution < 1.29 is 9.21 Å². The van der Waals surface area contributed by atoms with E-state index in [0.717, 1.165) is 12.8 Å². The second-order valence-electron chi connectivity index (χ2n) is 3.47. The average molecular weight is 356 g/mol. The normalized spacial score (nSPS) is 10.4. The minimum Gasteiger partial charge on any atom is -0.452 e. The number of unbranched alkanes of at least 4 members (excludes halogenated alkanes) is 3. The van der Waals surface area contributed by atoms with E-state index in [-0.39, 0.29) is 11.1 Å². The van der Waals surface area contributed by atoms with Crippen LogP contribution in [0.4, 0.5) is 0 Å². The summed E-state index contributed by atoms with van der Waals surface area (Å²) in [6.07, 6.45) is 6.06. The molecule has 0 aromatic carbocycles. The average Bonchev–Trinajstić information content (AvgIpc) is 2.69. The fourth-order valence-corrected chi connectivity index (χ4v) is 2.07. The van der Waals surface area contributed by atoms with E-state index in [1.54, 1.807) is 6.07 Å². The first-order chi connectivity index (χ1) is 7.75. The molecule has 0 aliphatic carbocycles. The van der Waals surface area contributed by atoms with Gasteiger partial charge in [0, 0.05) is 6.54 Å². The fourth-order valence-electron chi connectivity index (χ4n) is 1.33. The molecule has 1 amide bonds. The van der Waals surface area contributed by atoms with Gasteiger partial charge in [-0.25, -0.2) is 0 Å². The third kappa shape index (κ3) is 4.74. The third-order valence-corrected chi connectivity index (χ3v) is 3.26. The van der Waals surface area contributed by atoms with Crippen LogP contribution < -0.4 is 5.32 Å². The molecule has 5 heteroatoms. The SMILES string of the molecule is O=C(NCCCCCCI)c1ccoc1Cl. The van der Waals surface area contributed by atoms with Crippen LogP contribution in [0.5, 0.6) is 0 Å². The van der Waals surface area contributed by atoms with Crippen LogP contribution in [0.15, 0.2) is 16.7 Å². The molecule has 3 nitrogen and oxygen atoms in total. The van der Waals surface area contributed by atoms with E-state index in [4.69, 9.17) is 16.0 Å². The second kappa shape index (κ2) is 7.95. The van der Waals surface area contributed by atoms with Crippen LogP contribution in [0.3, 0.4) is 0 Å². The maximum absolute atomic E-state index is 11.6. The van der Waals surface area contributed by atoms with Crippen molar-refractivity contribution in [3.8, 4) is 0 Å². The number of carbonyl (C=O) groups is 1. The lowest BCUT2D eigenvalue weighted by Gasteiger charge is -2.03. The Labute approximate surface area is 114 Å². The summed E-state index contributed by atoms with van der Waals surface area (Å²) in [5.41, 5.74) is 0.411. The maximum atomic E-state index is 11.6. The molecule has 0 bridgehead atoms. The van der Waals surface area contributed by atoms with E-state index >= 15 is 0 Å². The summed E-state index contributed by atoms with van der Waals surface area (Å²) in [4.78, 5) is 11.6. The summed E-state index contributed by atoms with van der Waals surface area (Å²) >= 11 is 8.06. The van der Waals surface area contributed by atoms with Crippen LogP contribution in [0.2, 0.25) is 5.22 Å². The highest BCUT2D eigenvalue weighted by Crippen LogP contribution is 2.16. The van der Waals surface area contributed by atoms with E-state index in [1.165, 1.54) is 23.5 Å². The number of carbonyl (C=O) groups excluding carboxylic acids is 1. The van der Waals surface area contributed by atoms with Gasteiger partial charge in [-0.05, 0) is 34.9 Å². The fraction of sp³-hybridized carbons (Fsp3) is 0.545. The van der Waals surface area contributed by atoms with E-state index in [1.807, 2.05) is 0 Å². The Morgan fingerprint density at radius 2 is 2.12 bits per heavy atom. The van der Waals surface area contributed by atoms with Crippen LogP contribution in [-0.4, -0.2) is 16.9 Å². The van der Waals surface area contributed by atoms with Crippen LogP contribution in [0.25, 0.3) is 0 Å². The predicted molar refractivity (Wildman–Crippen MR) is 73.4 cm³/mol. The minimum absolute atomic E-state index is 0.155.